The second kappa shape index (κ2) is 4.75. The molecule has 3 nitrogen and oxygen atoms in total. The minimum Gasteiger partial charge on any atom is -0.348 e. The van der Waals surface area contributed by atoms with Gasteiger partial charge in [-0.25, -0.2) is 4.98 Å². The molecule has 0 aliphatic rings. The number of aromatic nitrogens is 2. The molecule has 0 atom stereocenters. The van der Waals surface area contributed by atoms with Crippen LogP contribution in [0.3, 0.4) is 0 Å². The van der Waals surface area contributed by atoms with Gasteiger partial charge in [-0.2, -0.15) is 0 Å². The number of nitrogens with one attached hydrogen (secondary N) is 1. The summed E-state index contributed by atoms with van der Waals surface area (Å²) in [5, 5.41) is 0. The molecule has 2 aromatic rings. The van der Waals surface area contributed by atoms with Crippen LogP contribution in [0, 0.1) is 0 Å². The molecule has 1 aromatic carbocycles. The molecule has 0 radical (unpaired) electrons. The molecule has 82 valence electrons. The van der Waals surface area contributed by atoms with Crippen molar-refractivity contribution in [1.82, 2.24) is 9.97 Å². The highest BCUT2D eigenvalue weighted by atomic mass is 16.1. The van der Waals surface area contributed by atoms with Gasteiger partial charge >= 0.3 is 0 Å². The first-order valence-corrected chi connectivity index (χ1v) is 5.45. The summed E-state index contributed by atoms with van der Waals surface area (Å²) < 4.78 is 0. The maximum absolute atomic E-state index is 12.0. The Morgan fingerprint density at radius 1 is 1.31 bits per heavy atom. The fourth-order valence-corrected chi connectivity index (χ4v) is 1.58. The molecule has 3 heteroatoms. The monoisotopic (exact) mass is 214 g/mol. The Kier molecular flexibility index (Phi) is 3.15. The molecule has 0 aliphatic heterocycles. The Hall–Kier alpha value is -1.90. The maximum Gasteiger partial charge on any atom is 0.212 e. The number of imidazole rings is 1. The van der Waals surface area contributed by atoms with Gasteiger partial charge in [0.1, 0.15) is 11.5 Å². The van der Waals surface area contributed by atoms with Gasteiger partial charge in [0.15, 0.2) is 0 Å². The molecule has 0 bridgehead atoms. The van der Waals surface area contributed by atoms with Crippen molar-refractivity contribution in [3.05, 3.63) is 53.6 Å². The van der Waals surface area contributed by atoms with Crippen LogP contribution in [0.25, 0.3) is 0 Å². The Morgan fingerprint density at radius 2 is 2.06 bits per heavy atom. The lowest BCUT2D eigenvalue weighted by Gasteiger charge is -1.95. The minimum absolute atomic E-state index is 0.0285. The summed E-state index contributed by atoms with van der Waals surface area (Å²) in [6, 6.07) is 9.20. The zero-order valence-electron chi connectivity index (χ0n) is 9.23. The standard InChI is InChI=1S/C13H14N2O/c1-2-6-12-14-9-11(15-12)13(16)10-7-4-3-5-8-10/h3-5,7-9H,2,6H2,1H3,(H,14,15). The first kappa shape index (κ1) is 10.6. The van der Waals surface area contributed by atoms with Crippen molar-refractivity contribution < 1.29 is 4.79 Å². The molecule has 0 saturated heterocycles. The number of hydrogen-bond donors (Lipinski definition) is 1. The van der Waals surface area contributed by atoms with E-state index >= 15 is 0 Å². The number of carbonyl (C=O) groups is 1. The molecular formula is C13H14N2O. The molecule has 0 fully saturated rings. The summed E-state index contributed by atoms with van der Waals surface area (Å²) in [5.74, 6) is 0.848. The third-order valence-electron chi connectivity index (χ3n) is 2.39. The SMILES string of the molecule is CCCc1nc(C(=O)c2ccccc2)c[nH]1. The molecule has 2 rings (SSSR count). The van der Waals surface area contributed by atoms with Gasteiger partial charge in [-0.05, 0) is 6.42 Å². The molecule has 0 spiro atoms. The van der Waals surface area contributed by atoms with E-state index in [1.54, 1.807) is 18.3 Å². The molecular weight excluding hydrogens is 200 g/mol. The van der Waals surface area contributed by atoms with Crippen LogP contribution in [0.15, 0.2) is 36.5 Å². The highest BCUT2D eigenvalue weighted by Gasteiger charge is 2.11. The summed E-state index contributed by atoms with van der Waals surface area (Å²) in [7, 11) is 0. The molecule has 1 heterocycles. The van der Waals surface area contributed by atoms with Gasteiger partial charge < -0.3 is 4.98 Å². The van der Waals surface area contributed by atoms with Crippen molar-refractivity contribution >= 4 is 5.78 Å². The fourth-order valence-electron chi connectivity index (χ4n) is 1.58. The van der Waals surface area contributed by atoms with Crippen molar-refractivity contribution in [1.29, 1.82) is 0 Å². The van der Waals surface area contributed by atoms with Gasteiger partial charge in [0.2, 0.25) is 5.78 Å². The smallest absolute Gasteiger partial charge is 0.212 e. The van der Waals surface area contributed by atoms with E-state index in [2.05, 4.69) is 16.9 Å². The van der Waals surface area contributed by atoms with Crippen LogP contribution in [0.4, 0.5) is 0 Å². The maximum atomic E-state index is 12.0. The van der Waals surface area contributed by atoms with E-state index in [1.807, 2.05) is 18.2 Å². The van der Waals surface area contributed by atoms with Gasteiger partial charge in [-0.3, -0.25) is 4.79 Å². The summed E-state index contributed by atoms with van der Waals surface area (Å²) >= 11 is 0. The Labute approximate surface area is 94.5 Å². The number of H-pyrrole nitrogens is 1. The van der Waals surface area contributed by atoms with Crippen LogP contribution in [0.5, 0.6) is 0 Å². The van der Waals surface area contributed by atoms with E-state index in [0.29, 0.717) is 11.3 Å². The zero-order valence-corrected chi connectivity index (χ0v) is 9.23. The molecule has 1 N–H and O–H groups in total. The second-order valence-electron chi connectivity index (χ2n) is 3.68. The number of nitrogens with zero attached hydrogens (tertiary/aromatic N) is 1. The van der Waals surface area contributed by atoms with E-state index in [4.69, 9.17) is 0 Å². The Balaban J connectivity index is 2.21. The van der Waals surface area contributed by atoms with Crippen LogP contribution in [0.1, 0.15) is 35.2 Å². The average molecular weight is 214 g/mol. The molecule has 0 aliphatic carbocycles. The predicted octanol–water partition coefficient (Wildman–Crippen LogP) is 2.59. The number of aromatic amines is 1. The normalized spacial score (nSPS) is 10.3. The third-order valence-corrected chi connectivity index (χ3v) is 2.39. The molecule has 0 unspecified atom stereocenters. The number of rotatable bonds is 4. The second-order valence-corrected chi connectivity index (χ2v) is 3.68. The lowest BCUT2D eigenvalue weighted by atomic mass is 10.1. The average Bonchev–Trinajstić information content (AvgIpc) is 2.78. The van der Waals surface area contributed by atoms with Crippen LogP contribution in [-0.4, -0.2) is 15.8 Å². The van der Waals surface area contributed by atoms with Crippen molar-refractivity contribution in [2.75, 3.05) is 0 Å². The van der Waals surface area contributed by atoms with E-state index < -0.39 is 0 Å². The number of carbonyl (C=O) groups excluding carboxylic acids is 1. The number of ketones is 1. The number of hydrogen-bond acceptors (Lipinski definition) is 2. The molecule has 16 heavy (non-hydrogen) atoms. The largest absolute Gasteiger partial charge is 0.348 e. The molecule has 0 saturated carbocycles. The first-order valence-electron chi connectivity index (χ1n) is 5.45. The minimum atomic E-state index is -0.0285. The summed E-state index contributed by atoms with van der Waals surface area (Å²) in [6.45, 7) is 2.08. The van der Waals surface area contributed by atoms with Gasteiger partial charge in [0, 0.05) is 18.2 Å². The lowest BCUT2D eigenvalue weighted by Crippen LogP contribution is -2.01. The number of benzene rings is 1. The highest BCUT2D eigenvalue weighted by Crippen LogP contribution is 2.08. The van der Waals surface area contributed by atoms with Crippen molar-refractivity contribution in [3.63, 3.8) is 0 Å². The fraction of sp³-hybridized carbons (Fsp3) is 0.231. The summed E-state index contributed by atoms with van der Waals surface area (Å²) in [4.78, 5) is 19.3. The van der Waals surface area contributed by atoms with Gasteiger partial charge in [0.05, 0.1) is 0 Å². The van der Waals surface area contributed by atoms with Crippen molar-refractivity contribution in [2.24, 2.45) is 0 Å². The van der Waals surface area contributed by atoms with E-state index in [-0.39, 0.29) is 5.78 Å². The number of aryl methyl sites for hydroxylation is 1. The van der Waals surface area contributed by atoms with Crippen molar-refractivity contribution in [3.8, 4) is 0 Å². The van der Waals surface area contributed by atoms with E-state index in [1.165, 1.54) is 0 Å². The predicted molar refractivity (Wildman–Crippen MR) is 62.5 cm³/mol. The van der Waals surface area contributed by atoms with Crippen molar-refractivity contribution in [2.45, 2.75) is 19.8 Å². The van der Waals surface area contributed by atoms with Gasteiger partial charge in [-0.15, -0.1) is 0 Å². The van der Waals surface area contributed by atoms with Gasteiger partial charge in [0.25, 0.3) is 0 Å². The highest BCUT2D eigenvalue weighted by molar-refractivity contribution is 6.07. The lowest BCUT2D eigenvalue weighted by molar-refractivity contribution is 0.103. The summed E-state index contributed by atoms with van der Waals surface area (Å²) in [5.41, 5.74) is 1.17. The van der Waals surface area contributed by atoms with E-state index in [0.717, 1.165) is 18.7 Å². The topological polar surface area (TPSA) is 45.8 Å². The van der Waals surface area contributed by atoms with Crippen LogP contribution in [-0.2, 0) is 6.42 Å². The van der Waals surface area contributed by atoms with Crippen LogP contribution >= 0.6 is 0 Å². The Bertz CT molecular complexity index is 474. The van der Waals surface area contributed by atoms with E-state index in [9.17, 15) is 4.79 Å². The first-order chi connectivity index (χ1) is 7.81. The van der Waals surface area contributed by atoms with Crippen LogP contribution in [0.2, 0.25) is 0 Å². The van der Waals surface area contributed by atoms with Gasteiger partial charge in [-0.1, -0.05) is 37.3 Å². The molecule has 0 amide bonds. The van der Waals surface area contributed by atoms with Crippen LogP contribution < -0.4 is 0 Å². The quantitative estimate of drug-likeness (QED) is 0.795. The summed E-state index contributed by atoms with van der Waals surface area (Å²) in [6.07, 6.45) is 3.58. The Morgan fingerprint density at radius 3 is 2.75 bits per heavy atom. The molecule has 1 aromatic heterocycles. The third kappa shape index (κ3) is 2.19. The zero-order chi connectivity index (χ0) is 11.4.